The minimum Gasteiger partial charge on any atom is -0.288 e. The smallest absolute Gasteiger partial charge is 0.200 e. The Morgan fingerprint density at radius 2 is 2.29 bits per heavy atom. The van der Waals surface area contributed by atoms with Gasteiger partial charge in [-0.25, -0.2) is 4.39 Å². The summed E-state index contributed by atoms with van der Waals surface area (Å²) in [5.41, 5.74) is 2.54. The molecule has 1 aromatic rings. The first-order valence-electron chi connectivity index (χ1n) is 3.98. The molecule has 0 amide bonds. The van der Waals surface area contributed by atoms with Crippen LogP contribution in [-0.4, -0.2) is 5.78 Å². The summed E-state index contributed by atoms with van der Waals surface area (Å²) >= 11 is 6.86. The molecule has 4 heteroatoms. The molecule has 0 bridgehead atoms. The zero-order chi connectivity index (χ0) is 10.1. The van der Waals surface area contributed by atoms with E-state index in [4.69, 9.17) is 11.6 Å². The monoisotopic (exact) mass is 228 g/mol. The zero-order valence-corrected chi connectivity index (χ0v) is 8.66. The van der Waals surface area contributed by atoms with Crippen molar-refractivity contribution in [1.82, 2.24) is 0 Å². The predicted molar refractivity (Wildman–Crippen MR) is 56.0 cm³/mol. The van der Waals surface area contributed by atoms with Gasteiger partial charge in [0.25, 0.3) is 0 Å². The van der Waals surface area contributed by atoms with Crippen molar-refractivity contribution in [2.24, 2.45) is 0 Å². The van der Waals surface area contributed by atoms with Gasteiger partial charge in [0.15, 0.2) is 0 Å². The quantitative estimate of drug-likeness (QED) is 0.634. The second kappa shape index (κ2) is 3.75. The maximum atomic E-state index is 12.9. The van der Waals surface area contributed by atoms with E-state index in [1.807, 2.05) is 0 Å². The van der Waals surface area contributed by atoms with E-state index in [0.29, 0.717) is 16.2 Å². The van der Waals surface area contributed by atoms with Crippen LogP contribution in [0.25, 0.3) is 0 Å². The minimum absolute atomic E-state index is 0.189. The van der Waals surface area contributed by atoms with Gasteiger partial charge in [-0.15, -0.1) is 11.8 Å². The van der Waals surface area contributed by atoms with Crippen molar-refractivity contribution in [2.45, 2.75) is 5.75 Å². The van der Waals surface area contributed by atoms with Crippen molar-refractivity contribution in [3.8, 4) is 0 Å². The van der Waals surface area contributed by atoms with Crippen LogP contribution in [0.4, 0.5) is 4.39 Å². The van der Waals surface area contributed by atoms with Gasteiger partial charge in [-0.05, 0) is 17.7 Å². The van der Waals surface area contributed by atoms with Crippen LogP contribution in [0.1, 0.15) is 15.9 Å². The number of carbonyl (C=O) groups excluding carboxylic acids is 1. The fourth-order valence-corrected chi connectivity index (χ4v) is 2.48. The Kier molecular flexibility index (Phi) is 2.61. The van der Waals surface area contributed by atoms with Crippen LogP contribution in [-0.2, 0) is 5.75 Å². The van der Waals surface area contributed by atoms with E-state index in [2.05, 4.69) is 0 Å². The Bertz CT molecular complexity index is 428. The first-order valence-corrected chi connectivity index (χ1v) is 5.41. The number of ketones is 1. The molecule has 0 aromatic heterocycles. The van der Waals surface area contributed by atoms with E-state index < -0.39 is 5.82 Å². The molecule has 1 aromatic carbocycles. The Labute approximate surface area is 89.9 Å². The lowest BCUT2D eigenvalue weighted by molar-refractivity contribution is 0.104. The summed E-state index contributed by atoms with van der Waals surface area (Å²) in [6.07, 6.45) is 0. The number of thioether (sulfide) groups is 1. The van der Waals surface area contributed by atoms with Crippen LogP contribution >= 0.6 is 23.4 Å². The lowest BCUT2D eigenvalue weighted by Gasteiger charge is -2.15. The number of allylic oxidation sites excluding steroid dienone is 1. The number of Topliss-reactive ketones (excluding diaryl/α,β-unsaturated/α-hetero) is 1. The number of fused-ring (bicyclic) bond motifs is 1. The molecule has 0 unspecified atom stereocenters. The summed E-state index contributed by atoms with van der Waals surface area (Å²) in [5.74, 6) is 0.0866. The summed E-state index contributed by atoms with van der Waals surface area (Å²) in [5, 5.41) is 0. The van der Waals surface area contributed by atoms with Gasteiger partial charge in [0.1, 0.15) is 5.82 Å². The molecule has 2 rings (SSSR count). The van der Waals surface area contributed by atoms with E-state index >= 15 is 0 Å². The largest absolute Gasteiger partial charge is 0.288 e. The normalized spacial score (nSPS) is 18.4. The molecule has 1 aliphatic rings. The Balaban J connectivity index is 2.54. The van der Waals surface area contributed by atoms with E-state index in [0.717, 1.165) is 5.56 Å². The molecule has 0 aliphatic carbocycles. The third-order valence-corrected chi connectivity index (χ3v) is 3.44. The highest BCUT2D eigenvalue weighted by molar-refractivity contribution is 8.03. The molecule has 0 atom stereocenters. The number of hydrogen-bond acceptors (Lipinski definition) is 2. The lowest BCUT2D eigenvalue weighted by Crippen LogP contribution is -2.10. The topological polar surface area (TPSA) is 17.1 Å². The van der Waals surface area contributed by atoms with Crippen molar-refractivity contribution in [1.29, 1.82) is 0 Å². The molecule has 0 saturated carbocycles. The zero-order valence-electron chi connectivity index (χ0n) is 7.09. The van der Waals surface area contributed by atoms with Crippen LogP contribution in [0.3, 0.4) is 0 Å². The minimum atomic E-state index is -0.391. The number of benzene rings is 1. The van der Waals surface area contributed by atoms with E-state index in [1.54, 1.807) is 6.07 Å². The van der Waals surface area contributed by atoms with Crippen LogP contribution in [0.2, 0.25) is 0 Å². The highest BCUT2D eigenvalue weighted by Crippen LogP contribution is 2.33. The molecule has 0 fully saturated rings. The van der Waals surface area contributed by atoms with Crippen molar-refractivity contribution in [3.63, 3.8) is 0 Å². The Morgan fingerprint density at radius 3 is 3.00 bits per heavy atom. The summed E-state index contributed by atoms with van der Waals surface area (Å²) in [7, 11) is 0. The maximum Gasteiger partial charge on any atom is 0.200 e. The van der Waals surface area contributed by atoms with Crippen LogP contribution < -0.4 is 0 Å². The molecular formula is C10H6ClFOS. The maximum absolute atomic E-state index is 12.9. The molecule has 0 saturated heterocycles. The van der Waals surface area contributed by atoms with Gasteiger partial charge in [-0.2, -0.15) is 0 Å². The van der Waals surface area contributed by atoms with Crippen molar-refractivity contribution in [2.75, 3.05) is 0 Å². The predicted octanol–water partition coefficient (Wildman–Crippen LogP) is 3.34. The summed E-state index contributed by atoms with van der Waals surface area (Å²) in [6.45, 7) is 0. The molecule has 1 nitrogen and oxygen atoms in total. The SMILES string of the molecule is O=C1/C(=C/Cl)SCc2ccc(F)cc21. The number of halogens is 2. The van der Waals surface area contributed by atoms with Gasteiger partial charge < -0.3 is 0 Å². The summed E-state index contributed by atoms with van der Waals surface area (Å²) in [6, 6.07) is 4.26. The second-order valence-corrected chi connectivity index (χ2v) is 4.13. The van der Waals surface area contributed by atoms with Crippen LogP contribution in [0, 0.1) is 5.82 Å². The number of hydrogen-bond donors (Lipinski definition) is 0. The van der Waals surface area contributed by atoms with Crippen molar-refractivity contribution in [3.05, 3.63) is 45.6 Å². The van der Waals surface area contributed by atoms with E-state index in [1.165, 1.54) is 29.4 Å². The first-order chi connectivity index (χ1) is 6.72. The van der Waals surface area contributed by atoms with Gasteiger partial charge in [0, 0.05) is 16.9 Å². The first kappa shape index (κ1) is 9.74. The third-order valence-electron chi connectivity index (χ3n) is 2.02. The molecular weight excluding hydrogens is 223 g/mol. The van der Waals surface area contributed by atoms with Crippen molar-refractivity contribution < 1.29 is 9.18 Å². The van der Waals surface area contributed by atoms with E-state index in [9.17, 15) is 9.18 Å². The number of carbonyl (C=O) groups is 1. The average Bonchev–Trinajstić information content (AvgIpc) is 2.20. The number of rotatable bonds is 0. The molecule has 72 valence electrons. The molecule has 0 spiro atoms. The standard InChI is InChI=1S/C10H6ClFOS/c11-4-9-10(13)8-3-7(12)2-1-6(8)5-14-9/h1-4H,5H2/b9-4-. The third kappa shape index (κ3) is 1.57. The molecule has 1 heterocycles. The van der Waals surface area contributed by atoms with Gasteiger partial charge >= 0.3 is 0 Å². The summed E-state index contributed by atoms with van der Waals surface area (Å²) in [4.78, 5) is 12.1. The van der Waals surface area contributed by atoms with Gasteiger partial charge in [0.05, 0.1) is 4.91 Å². The molecule has 0 N–H and O–H groups in total. The molecule has 14 heavy (non-hydrogen) atoms. The molecule has 1 aliphatic heterocycles. The second-order valence-electron chi connectivity index (χ2n) is 2.89. The van der Waals surface area contributed by atoms with Crippen LogP contribution in [0.15, 0.2) is 28.6 Å². The fraction of sp³-hybridized carbons (Fsp3) is 0.100. The lowest BCUT2D eigenvalue weighted by atomic mass is 10.0. The average molecular weight is 229 g/mol. The van der Waals surface area contributed by atoms with E-state index in [-0.39, 0.29) is 5.78 Å². The van der Waals surface area contributed by atoms with Crippen LogP contribution in [0.5, 0.6) is 0 Å². The highest BCUT2D eigenvalue weighted by atomic mass is 35.5. The van der Waals surface area contributed by atoms with Crippen molar-refractivity contribution >= 4 is 29.1 Å². The fourth-order valence-electron chi connectivity index (χ4n) is 1.32. The Hall–Kier alpha value is -0.800. The van der Waals surface area contributed by atoms with Gasteiger partial charge in [0.2, 0.25) is 5.78 Å². The summed E-state index contributed by atoms with van der Waals surface area (Å²) < 4.78 is 12.9. The molecule has 0 radical (unpaired) electrons. The van der Waals surface area contributed by atoms with Gasteiger partial charge in [-0.1, -0.05) is 17.7 Å². The van der Waals surface area contributed by atoms with Gasteiger partial charge in [-0.3, -0.25) is 4.79 Å². The Morgan fingerprint density at radius 1 is 1.50 bits per heavy atom. The highest BCUT2D eigenvalue weighted by Gasteiger charge is 2.22.